The molecule has 5 heteroatoms. The summed E-state index contributed by atoms with van der Waals surface area (Å²) >= 11 is 0. The maximum absolute atomic E-state index is 13.2. The zero-order valence-electron chi connectivity index (χ0n) is 17.3. The second-order valence-electron chi connectivity index (χ2n) is 7.84. The Kier molecular flexibility index (Phi) is 6.17. The molecule has 0 aliphatic heterocycles. The molecule has 0 N–H and O–H groups in total. The minimum atomic E-state index is -0.150. The summed E-state index contributed by atoms with van der Waals surface area (Å²) in [5, 5.41) is 0.918. The highest BCUT2D eigenvalue weighted by Gasteiger charge is 2.45. The lowest BCUT2D eigenvalue weighted by molar-refractivity contribution is -0.145. The van der Waals surface area contributed by atoms with Crippen LogP contribution in [-0.4, -0.2) is 36.5 Å². The standard InChI is InChI=1S/C25H27NO4/c1-2-29-25(28)21-15-20(21)17-26(14-8-11-18-9-4-3-5-10-18)24(27)23-16-19-12-6-7-13-22(19)30-23/h3-7,9-10,12-13,16,20-21H,2,8,11,14-15,17H2,1H3/t20-,21-/m1/s1. The monoisotopic (exact) mass is 405 g/mol. The molecule has 0 saturated heterocycles. The second kappa shape index (κ2) is 9.16. The molecule has 156 valence electrons. The van der Waals surface area contributed by atoms with E-state index in [9.17, 15) is 9.59 Å². The van der Waals surface area contributed by atoms with Gasteiger partial charge in [0, 0.05) is 18.5 Å². The Balaban J connectivity index is 1.44. The number of furan rings is 1. The molecule has 0 radical (unpaired) electrons. The number of benzene rings is 2. The van der Waals surface area contributed by atoms with Crippen molar-refractivity contribution in [2.75, 3.05) is 19.7 Å². The summed E-state index contributed by atoms with van der Waals surface area (Å²) in [7, 11) is 0. The predicted octanol–water partition coefficient (Wildman–Crippen LogP) is 4.71. The lowest BCUT2D eigenvalue weighted by Gasteiger charge is -2.22. The third-order valence-corrected chi connectivity index (χ3v) is 5.63. The average Bonchev–Trinajstić information content (AvgIpc) is 3.40. The van der Waals surface area contributed by atoms with Gasteiger partial charge >= 0.3 is 5.97 Å². The number of aryl methyl sites for hydroxylation is 1. The van der Waals surface area contributed by atoms with Gasteiger partial charge in [0.1, 0.15) is 5.58 Å². The quantitative estimate of drug-likeness (QED) is 0.484. The number of nitrogens with zero attached hydrogens (tertiary/aromatic N) is 1. The number of esters is 1. The summed E-state index contributed by atoms with van der Waals surface area (Å²) in [6.45, 7) is 3.38. The summed E-state index contributed by atoms with van der Waals surface area (Å²) in [5.41, 5.74) is 1.96. The first-order chi connectivity index (χ1) is 14.7. The van der Waals surface area contributed by atoms with Gasteiger partial charge in [-0.15, -0.1) is 0 Å². The molecule has 1 fully saturated rings. The minimum Gasteiger partial charge on any atom is -0.466 e. The van der Waals surface area contributed by atoms with E-state index in [1.807, 2.05) is 54.3 Å². The van der Waals surface area contributed by atoms with Crippen LogP contribution in [0.5, 0.6) is 0 Å². The fraction of sp³-hybridized carbons (Fsp3) is 0.360. The van der Waals surface area contributed by atoms with Crippen LogP contribution in [0.3, 0.4) is 0 Å². The zero-order valence-corrected chi connectivity index (χ0v) is 17.3. The Morgan fingerprint density at radius 3 is 2.63 bits per heavy atom. The molecule has 0 spiro atoms. The summed E-state index contributed by atoms with van der Waals surface area (Å²) in [6, 6.07) is 19.7. The van der Waals surface area contributed by atoms with E-state index >= 15 is 0 Å². The first-order valence-electron chi connectivity index (χ1n) is 10.6. The van der Waals surface area contributed by atoms with Crippen molar-refractivity contribution in [2.45, 2.75) is 26.2 Å². The Morgan fingerprint density at radius 1 is 1.10 bits per heavy atom. The van der Waals surface area contributed by atoms with Crippen molar-refractivity contribution in [1.29, 1.82) is 0 Å². The van der Waals surface area contributed by atoms with Crippen molar-refractivity contribution < 1.29 is 18.7 Å². The van der Waals surface area contributed by atoms with Gasteiger partial charge in [-0.2, -0.15) is 0 Å². The number of rotatable bonds is 9. The predicted molar refractivity (Wildman–Crippen MR) is 115 cm³/mol. The van der Waals surface area contributed by atoms with Crippen LogP contribution in [-0.2, 0) is 16.0 Å². The molecule has 1 saturated carbocycles. The van der Waals surface area contributed by atoms with Crippen LogP contribution >= 0.6 is 0 Å². The first kappa shape index (κ1) is 20.2. The van der Waals surface area contributed by atoms with Crippen molar-refractivity contribution in [3.8, 4) is 0 Å². The molecule has 0 unspecified atom stereocenters. The van der Waals surface area contributed by atoms with Crippen molar-refractivity contribution >= 4 is 22.8 Å². The van der Waals surface area contributed by atoms with E-state index < -0.39 is 0 Å². The van der Waals surface area contributed by atoms with Gasteiger partial charge in [0.2, 0.25) is 0 Å². The van der Waals surface area contributed by atoms with E-state index in [1.165, 1.54) is 5.56 Å². The van der Waals surface area contributed by atoms with Gasteiger partial charge in [-0.25, -0.2) is 0 Å². The van der Waals surface area contributed by atoms with Crippen LogP contribution < -0.4 is 0 Å². The highest BCUT2D eigenvalue weighted by atomic mass is 16.5. The van der Waals surface area contributed by atoms with E-state index in [-0.39, 0.29) is 23.7 Å². The highest BCUT2D eigenvalue weighted by Crippen LogP contribution is 2.40. The number of para-hydroxylation sites is 1. The van der Waals surface area contributed by atoms with E-state index in [4.69, 9.17) is 9.15 Å². The largest absolute Gasteiger partial charge is 0.466 e. The van der Waals surface area contributed by atoms with Crippen LogP contribution in [0, 0.1) is 11.8 Å². The maximum atomic E-state index is 13.2. The summed E-state index contributed by atoms with van der Waals surface area (Å²) in [5.74, 6) is 0.153. The van der Waals surface area contributed by atoms with Crippen molar-refractivity contribution in [3.63, 3.8) is 0 Å². The number of fused-ring (bicyclic) bond motifs is 1. The Hall–Kier alpha value is -3.08. The van der Waals surface area contributed by atoms with Gasteiger partial charge in [-0.1, -0.05) is 48.5 Å². The number of carbonyl (C=O) groups is 2. The topological polar surface area (TPSA) is 59.8 Å². The molecule has 4 rings (SSSR count). The van der Waals surface area contributed by atoms with Gasteiger partial charge in [0.25, 0.3) is 5.91 Å². The van der Waals surface area contributed by atoms with Gasteiger partial charge in [-0.05, 0) is 49.8 Å². The van der Waals surface area contributed by atoms with E-state index in [0.29, 0.717) is 31.0 Å². The third-order valence-electron chi connectivity index (χ3n) is 5.63. The van der Waals surface area contributed by atoms with E-state index in [1.54, 1.807) is 6.07 Å². The van der Waals surface area contributed by atoms with Crippen LogP contribution in [0.15, 0.2) is 65.1 Å². The number of hydrogen-bond donors (Lipinski definition) is 0. The van der Waals surface area contributed by atoms with Crippen LogP contribution in [0.2, 0.25) is 0 Å². The molecule has 1 aromatic heterocycles. The number of amides is 1. The summed E-state index contributed by atoms with van der Waals surface area (Å²) in [6.07, 6.45) is 2.53. The minimum absolute atomic E-state index is 0.0925. The van der Waals surface area contributed by atoms with Crippen LogP contribution in [0.4, 0.5) is 0 Å². The molecule has 3 aromatic rings. The molecule has 1 heterocycles. The number of ether oxygens (including phenoxy) is 1. The summed E-state index contributed by atoms with van der Waals surface area (Å²) < 4.78 is 10.9. The molecular formula is C25H27NO4. The van der Waals surface area contributed by atoms with Gasteiger partial charge in [0.05, 0.1) is 12.5 Å². The lowest BCUT2D eigenvalue weighted by Crippen LogP contribution is -2.34. The van der Waals surface area contributed by atoms with Gasteiger partial charge in [0.15, 0.2) is 5.76 Å². The Labute approximate surface area is 176 Å². The summed E-state index contributed by atoms with van der Waals surface area (Å²) in [4.78, 5) is 27.1. The molecule has 5 nitrogen and oxygen atoms in total. The fourth-order valence-electron chi connectivity index (χ4n) is 3.91. The van der Waals surface area contributed by atoms with Crippen molar-refractivity contribution in [2.24, 2.45) is 11.8 Å². The Morgan fingerprint density at radius 2 is 1.87 bits per heavy atom. The van der Waals surface area contributed by atoms with Crippen molar-refractivity contribution in [3.05, 3.63) is 72.0 Å². The molecule has 30 heavy (non-hydrogen) atoms. The van der Waals surface area contributed by atoms with Gasteiger partial charge in [-0.3, -0.25) is 9.59 Å². The molecule has 1 amide bonds. The number of carbonyl (C=O) groups excluding carboxylic acids is 2. The maximum Gasteiger partial charge on any atom is 0.309 e. The molecule has 1 aliphatic rings. The number of hydrogen-bond acceptors (Lipinski definition) is 4. The smallest absolute Gasteiger partial charge is 0.309 e. The molecule has 1 aliphatic carbocycles. The van der Waals surface area contributed by atoms with Gasteiger partial charge < -0.3 is 14.1 Å². The fourth-order valence-corrected chi connectivity index (χ4v) is 3.91. The first-order valence-corrected chi connectivity index (χ1v) is 10.6. The third kappa shape index (κ3) is 4.73. The average molecular weight is 405 g/mol. The van der Waals surface area contributed by atoms with E-state index in [0.717, 1.165) is 24.6 Å². The normalized spacial score (nSPS) is 17.6. The van der Waals surface area contributed by atoms with Crippen LogP contribution in [0.25, 0.3) is 11.0 Å². The van der Waals surface area contributed by atoms with E-state index in [2.05, 4.69) is 12.1 Å². The molecule has 2 atom stereocenters. The highest BCUT2D eigenvalue weighted by molar-refractivity contribution is 5.96. The zero-order chi connectivity index (χ0) is 20.9. The second-order valence-corrected chi connectivity index (χ2v) is 7.84. The Bertz CT molecular complexity index is 977. The lowest BCUT2D eigenvalue weighted by atomic mass is 10.1. The molecule has 0 bridgehead atoms. The van der Waals surface area contributed by atoms with Crippen molar-refractivity contribution in [1.82, 2.24) is 4.90 Å². The molecule has 2 aromatic carbocycles. The molecular weight excluding hydrogens is 378 g/mol. The SMILES string of the molecule is CCOC(=O)[C@@H]1C[C@@H]1CN(CCCc1ccccc1)C(=O)c1cc2ccccc2o1. The van der Waals surface area contributed by atoms with Crippen LogP contribution in [0.1, 0.15) is 35.9 Å².